The molecule has 0 aliphatic carbocycles. The van der Waals surface area contributed by atoms with Gasteiger partial charge < -0.3 is 5.32 Å². The van der Waals surface area contributed by atoms with E-state index in [9.17, 15) is 13.2 Å². The summed E-state index contributed by atoms with van der Waals surface area (Å²) in [5, 5.41) is 2.86. The third-order valence-electron chi connectivity index (χ3n) is 5.24. The monoisotopic (exact) mass is 406 g/mol. The molecule has 3 aromatic carbocycles. The van der Waals surface area contributed by atoms with Gasteiger partial charge in [0, 0.05) is 24.3 Å². The molecule has 5 nitrogen and oxygen atoms in total. The molecule has 1 amide bonds. The zero-order chi connectivity index (χ0) is 20.4. The molecule has 1 aliphatic rings. The van der Waals surface area contributed by atoms with Crippen LogP contribution in [0.5, 0.6) is 0 Å². The molecule has 148 valence electrons. The van der Waals surface area contributed by atoms with Gasteiger partial charge in [0.05, 0.1) is 4.90 Å². The van der Waals surface area contributed by atoms with Gasteiger partial charge in [-0.1, -0.05) is 42.5 Å². The highest BCUT2D eigenvalue weighted by Gasteiger charge is 2.28. The molecule has 0 saturated carbocycles. The Morgan fingerprint density at radius 1 is 0.897 bits per heavy atom. The van der Waals surface area contributed by atoms with E-state index < -0.39 is 10.0 Å². The van der Waals surface area contributed by atoms with Crippen molar-refractivity contribution in [1.82, 2.24) is 4.31 Å². The first-order valence-corrected chi connectivity index (χ1v) is 10.9. The van der Waals surface area contributed by atoms with Crippen LogP contribution in [0.2, 0.25) is 0 Å². The number of fused-ring (bicyclic) bond motifs is 1. The van der Waals surface area contributed by atoms with Crippen molar-refractivity contribution in [2.24, 2.45) is 0 Å². The number of anilines is 1. The summed E-state index contributed by atoms with van der Waals surface area (Å²) < 4.78 is 27.6. The molecule has 3 aromatic rings. The number of nitrogens with one attached hydrogen (secondary N) is 1. The summed E-state index contributed by atoms with van der Waals surface area (Å²) in [7, 11) is -3.61. The first-order valence-electron chi connectivity index (χ1n) is 9.49. The van der Waals surface area contributed by atoms with Crippen molar-refractivity contribution in [3.63, 3.8) is 0 Å². The predicted octanol–water partition coefficient (Wildman–Crippen LogP) is 3.99. The number of carbonyl (C=O) groups is 1. The molecule has 0 atom stereocenters. The van der Waals surface area contributed by atoms with Gasteiger partial charge in [0.25, 0.3) is 5.91 Å². The van der Waals surface area contributed by atoms with Crippen LogP contribution < -0.4 is 5.32 Å². The van der Waals surface area contributed by atoms with Crippen molar-refractivity contribution in [2.45, 2.75) is 24.8 Å². The highest BCUT2D eigenvalue weighted by atomic mass is 32.2. The molecule has 0 spiro atoms. The molecule has 0 saturated heterocycles. The fourth-order valence-electron chi connectivity index (χ4n) is 3.51. The van der Waals surface area contributed by atoms with Crippen LogP contribution in [-0.4, -0.2) is 25.2 Å². The summed E-state index contributed by atoms with van der Waals surface area (Å²) in [5.74, 6) is -0.268. The summed E-state index contributed by atoms with van der Waals surface area (Å²) in [4.78, 5) is 12.7. The number of hydrogen-bond donors (Lipinski definition) is 1. The summed E-state index contributed by atoms with van der Waals surface area (Å²) >= 11 is 0. The molecule has 0 fully saturated rings. The molecular weight excluding hydrogens is 384 g/mol. The average molecular weight is 407 g/mol. The molecule has 1 aliphatic heterocycles. The largest absolute Gasteiger partial charge is 0.322 e. The summed E-state index contributed by atoms with van der Waals surface area (Å²) in [6.07, 6.45) is 0.701. The third kappa shape index (κ3) is 3.95. The number of aryl methyl sites for hydroxylation is 1. The number of nitrogens with zero attached hydrogens (tertiary/aromatic N) is 1. The van der Waals surface area contributed by atoms with Gasteiger partial charge in [-0.25, -0.2) is 8.42 Å². The Kier molecular flexibility index (Phi) is 5.22. The predicted molar refractivity (Wildman–Crippen MR) is 113 cm³/mol. The maximum Gasteiger partial charge on any atom is 0.255 e. The minimum atomic E-state index is -3.61. The van der Waals surface area contributed by atoms with Gasteiger partial charge in [-0.05, 0) is 60.4 Å². The van der Waals surface area contributed by atoms with Crippen LogP contribution in [0.15, 0.2) is 77.7 Å². The molecule has 0 bridgehead atoms. The number of carbonyl (C=O) groups excluding carboxylic acids is 1. The number of para-hydroxylation sites is 1. The van der Waals surface area contributed by atoms with Crippen molar-refractivity contribution in [3.8, 4) is 0 Å². The van der Waals surface area contributed by atoms with E-state index in [0.29, 0.717) is 25.1 Å². The second-order valence-electron chi connectivity index (χ2n) is 7.15. The standard InChI is InChI=1S/C23H22N2O3S/c1-17-6-2-5-9-22(17)24-23(26)19-10-12-21(13-11-19)29(27,28)25-15-14-18-7-3-4-8-20(18)16-25/h2-13H,14-16H2,1H3,(H,24,26). The maximum absolute atomic E-state index is 13.0. The number of benzene rings is 3. The van der Waals surface area contributed by atoms with Gasteiger partial charge in [-0.3, -0.25) is 4.79 Å². The van der Waals surface area contributed by atoms with Crippen molar-refractivity contribution in [1.29, 1.82) is 0 Å². The Morgan fingerprint density at radius 3 is 2.28 bits per heavy atom. The van der Waals surface area contributed by atoms with Gasteiger partial charge in [-0.2, -0.15) is 4.31 Å². The molecule has 0 unspecified atom stereocenters. The van der Waals surface area contributed by atoms with Gasteiger partial charge in [0.1, 0.15) is 0 Å². The summed E-state index contributed by atoms with van der Waals surface area (Å²) in [5.41, 5.74) is 4.35. The van der Waals surface area contributed by atoms with Crippen LogP contribution in [0.4, 0.5) is 5.69 Å². The SMILES string of the molecule is Cc1ccccc1NC(=O)c1ccc(S(=O)(=O)N2CCc3ccccc3C2)cc1. The Morgan fingerprint density at radius 2 is 1.55 bits per heavy atom. The number of sulfonamides is 1. The smallest absolute Gasteiger partial charge is 0.255 e. The van der Waals surface area contributed by atoms with E-state index in [0.717, 1.165) is 16.8 Å². The maximum atomic E-state index is 13.0. The van der Waals surface area contributed by atoms with Crippen LogP contribution in [0.1, 0.15) is 27.0 Å². The van der Waals surface area contributed by atoms with Crippen molar-refractivity contribution >= 4 is 21.6 Å². The van der Waals surface area contributed by atoms with Gasteiger partial charge in [0.2, 0.25) is 10.0 Å². The highest BCUT2D eigenvalue weighted by Crippen LogP contribution is 2.25. The molecular formula is C23H22N2O3S. The second-order valence-corrected chi connectivity index (χ2v) is 9.09. The van der Waals surface area contributed by atoms with Crippen molar-refractivity contribution < 1.29 is 13.2 Å². The minimum Gasteiger partial charge on any atom is -0.322 e. The Balaban J connectivity index is 1.51. The minimum absolute atomic E-state index is 0.198. The molecule has 4 rings (SSSR count). The second kappa shape index (κ2) is 7.81. The molecule has 6 heteroatoms. The molecule has 1 heterocycles. The van der Waals surface area contributed by atoms with E-state index >= 15 is 0 Å². The van der Waals surface area contributed by atoms with Crippen LogP contribution >= 0.6 is 0 Å². The van der Waals surface area contributed by atoms with Crippen LogP contribution in [0, 0.1) is 6.92 Å². The third-order valence-corrected chi connectivity index (χ3v) is 7.10. The lowest BCUT2D eigenvalue weighted by atomic mass is 10.0. The number of rotatable bonds is 4. The van der Waals surface area contributed by atoms with E-state index in [2.05, 4.69) is 5.32 Å². The first-order chi connectivity index (χ1) is 13.9. The van der Waals surface area contributed by atoms with E-state index in [-0.39, 0.29) is 10.8 Å². The van der Waals surface area contributed by atoms with Crippen LogP contribution in [0.25, 0.3) is 0 Å². The Bertz CT molecular complexity index is 1150. The topological polar surface area (TPSA) is 66.5 Å². The van der Waals surface area contributed by atoms with Crippen molar-refractivity contribution in [2.75, 3.05) is 11.9 Å². The fourth-order valence-corrected chi connectivity index (χ4v) is 4.93. The van der Waals surface area contributed by atoms with E-state index in [4.69, 9.17) is 0 Å². The molecule has 29 heavy (non-hydrogen) atoms. The number of hydrogen-bond acceptors (Lipinski definition) is 3. The quantitative estimate of drug-likeness (QED) is 0.712. The van der Waals surface area contributed by atoms with E-state index in [1.165, 1.54) is 22.0 Å². The highest BCUT2D eigenvalue weighted by molar-refractivity contribution is 7.89. The van der Waals surface area contributed by atoms with E-state index in [1.807, 2.05) is 55.5 Å². The lowest BCUT2D eigenvalue weighted by molar-refractivity contribution is 0.102. The van der Waals surface area contributed by atoms with Gasteiger partial charge >= 0.3 is 0 Å². The Labute approximate surface area is 171 Å². The zero-order valence-electron chi connectivity index (χ0n) is 16.1. The lowest BCUT2D eigenvalue weighted by Crippen LogP contribution is -2.35. The van der Waals surface area contributed by atoms with Crippen LogP contribution in [-0.2, 0) is 23.0 Å². The normalized spacial score (nSPS) is 14.2. The molecule has 0 radical (unpaired) electrons. The summed E-state index contributed by atoms with van der Waals surface area (Å²) in [6.45, 7) is 2.74. The van der Waals surface area contributed by atoms with Crippen LogP contribution in [0.3, 0.4) is 0 Å². The van der Waals surface area contributed by atoms with E-state index in [1.54, 1.807) is 12.1 Å². The Hall–Kier alpha value is -2.96. The average Bonchev–Trinajstić information content (AvgIpc) is 2.75. The molecule has 0 aromatic heterocycles. The first kappa shape index (κ1) is 19.4. The lowest BCUT2D eigenvalue weighted by Gasteiger charge is -2.28. The van der Waals surface area contributed by atoms with Gasteiger partial charge in [0.15, 0.2) is 0 Å². The zero-order valence-corrected chi connectivity index (χ0v) is 16.9. The van der Waals surface area contributed by atoms with Gasteiger partial charge in [-0.15, -0.1) is 0 Å². The summed E-state index contributed by atoms with van der Waals surface area (Å²) in [6, 6.07) is 21.5. The fraction of sp³-hybridized carbons (Fsp3) is 0.174. The molecule has 1 N–H and O–H groups in total. The van der Waals surface area contributed by atoms with Crippen molar-refractivity contribution in [3.05, 3.63) is 95.1 Å². The number of amides is 1.